The Morgan fingerprint density at radius 3 is 1.50 bits per heavy atom. The summed E-state index contributed by atoms with van der Waals surface area (Å²) in [5, 5.41) is 0. The molecule has 0 atom stereocenters. The number of hydrogen-bond acceptors (Lipinski definition) is 4. The van der Waals surface area contributed by atoms with Gasteiger partial charge in [-0.1, -0.05) is 0 Å². The molecule has 0 radical (unpaired) electrons. The molecule has 38 valence electrons. The van der Waals surface area contributed by atoms with Gasteiger partial charge >= 0.3 is 36.1 Å². The van der Waals surface area contributed by atoms with Crippen LogP contribution in [0.5, 0.6) is 0 Å². The molecular weight excluding hydrogens is 123 g/mol. The first-order valence-corrected chi connectivity index (χ1v) is 6.49. The number of rotatable bonds is 0. The van der Waals surface area contributed by atoms with Gasteiger partial charge in [0.25, 0.3) is 0 Å². The van der Waals surface area contributed by atoms with Gasteiger partial charge < -0.3 is 0 Å². The zero-order valence-electron chi connectivity index (χ0n) is 3.16. The summed E-state index contributed by atoms with van der Waals surface area (Å²) in [7, 11) is -3.49. The van der Waals surface area contributed by atoms with E-state index in [-0.39, 0.29) is 9.91 Å². The first-order chi connectivity index (χ1) is 2.47. The summed E-state index contributed by atoms with van der Waals surface area (Å²) in [4.78, 5) is 16.8. The van der Waals surface area contributed by atoms with Crippen LogP contribution in [0.15, 0.2) is 0 Å². The van der Waals surface area contributed by atoms with E-state index >= 15 is 0 Å². The van der Waals surface area contributed by atoms with E-state index < -0.39 is 7.06 Å². The molecule has 0 amide bonds. The molecule has 0 aromatic carbocycles. The van der Waals surface area contributed by atoms with Crippen LogP contribution in [0, 0.1) is 0 Å². The van der Waals surface area contributed by atoms with E-state index in [9.17, 15) is 0 Å². The first kappa shape index (κ1) is 4.64. The average Bonchev–Trinajstić information content (AvgIpc) is 1.73. The molecule has 1 heterocycles. The molecule has 0 spiro atoms. The van der Waals surface area contributed by atoms with Crippen molar-refractivity contribution in [1.82, 2.24) is 0 Å². The summed E-state index contributed by atoms with van der Waals surface area (Å²) in [5.74, 6) is 0. The Balaban J connectivity index is 2.67. The van der Waals surface area contributed by atoms with E-state index in [1.165, 1.54) is 0 Å². The van der Waals surface area contributed by atoms with E-state index in [0.29, 0.717) is 0 Å². The maximum absolute atomic E-state index is 8.40. The molecule has 0 aliphatic carbocycles. The Labute approximate surface area is 37.2 Å². The van der Waals surface area contributed by atoms with Crippen molar-refractivity contribution in [2.24, 2.45) is 0 Å². The van der Waals surface area contributed by atoms with E-state index in [4.69, 9.17) is 9.79 Å². The molecule has 1 fully saturated rings. The molecule has 0 unspecified atom stereocenters. The predicted molar refractivity (Wildman–Crippen MR) is 23.5 cm³/mol. The fourth-order valence-electron chi connectivity index (χ4n) is 0.0631. The van der Waals surface area contributed by atoms with E-state index in [1.54, 1.807) is 0 Å². The van der Waals surface area contributed by atoms with E-state index in [2.05, 4.69) is 9.35 Å². The van der Waals surface area contributed by atoms with Crippen LogP contribution in [-0.4, -0.2) is 19.7 Å². The monoisotopic (exact) mass is 128 g/mol. The Morgan fingerprint density at radius 1 is 1.33 bits per heavy atom. The van der Waals surface area contributed by atoms with Crippen molar-refractivity contribution >= 4 is 17.0 Å². The normalized spacial score (nSPS) is 43.3. The van der Waals surface area contributed by atoms with Gasteiger partial charge in [-0.05, 0) is 0 Å². The zero-order valence-corrected chi connectivity index (χ0v) is 6.05. The van der Waals surface area contributed by atoms with Crippen molar-refractivity contribution in [3.05, 3.63) is 0 Å². The van der Waals surface area contributed by atoms with Gasteiger partial charge in [0.05, 0.1) is 0 Å². The van der Waals surface area contributed by atoms with Crippen molar-refractivity contribution in [3.63, 3.8) is 0 Å². The summed E-state index contributed by atoms with van der Waals surface area (Å²) in [6.07, 6.45) is 0. The van der Waals surface area contributed by atoms with Gasteiger partial charge in [-0.15, -0.1) is 0 Å². The van der Waals surface area contributed by atoms with Crippen molar-refractivity contribution < 1.29 is 19.1 Å². The summed E-state index contributed by atoms with van der Waals surface area (Å²) in [6, 6.07) is 0. The van der Waals surface area contributed by atoms with Gasteiger partial charge in [0.1, 0.15) is 0 Å². The third-order valence-electron chi connectivity index (χ3n) is 0.357. The molecule has 0 saturated carbocycles. The summed E-state index contributed by atoms with van der Waals surface area (Å²) in [6.45, 7) is 0. The molecule has 2 N–H and O–H groups in total. The molecule has 6 heteroatoms. The molecule has 1 rings (SSSR count). The van der Waals surface area contributed by atoms with Gasteiger partial charge in [0.15, 0.2) is 0 Å². The Morgan fingerprint density at radius 2 is 1.50 bits per heavy atom. The van der Waals surface area contributed by atoms with Crippen molar-refractivity contribution in [3.8, 4) is 0 Å². The quantitative estimate of drug-likeness (QED) is 0.179. The molecule has 4 nitrogen and oxygen atoms in total. The van der Waals surface area contributed by atoms with E-state index in [1.807, 2.05) is 0 Å². The van der Waals surface area contributed by atoms with Crippen LogP contribution in [0.25, 0.3) is 0 Å². The van der Waals surface area contributed by atoms with Gasteiger partial charge in [-0.25, -0.2) is 0 Å². The minimum atomic E-state index is -3.66. The molecule has 6 heavy (non-hydrogen) atoms. The second-order valence-corrected chi connectivity index (χ2v) is 8.81. The second-order valence-electron chi connectivity index (χ2n) is 1.40. The standard InChI is InChI=1S/H5O4PSi/c1-5(2,6)3-4-5/h1-2H,6H3. The van der Waals surface area contributed by atoms with Gasteiger partial charge in [0, 0.05) is 0 Å². The maximum atomic E-state index is 8.40. The van der Waals surface area contributed by atoms with Crippen LogP contribution < -0.4 is 0 Å². The van der Waals surface area contributed by atoms with E-state index in [0.717, 1.165) is 0 Å². The number of hydrogen-bond donors (Lipinski definition) is 2. The summed E-state index contributed by atoms with van der Waals surface area (Å²) in [5.41, 5.74) is 0. The summed E-state index contributed by atoms with van der Waals surface area (Å²) >= 11 is 0. The SMILES string of the molecule is OP1(O)([SiH3])OO1. The van der Waals surface area contributed by atoms with Gasteiger partial charge in [-0.2, -0.15) is 0 Å². The van der Waals surface area contributed by atoms with Crippen molar-refractivity contribution in [2.75, 3.05) is 0 Å². The van der Waals surface area contributed by atoms with Crippen LogP contribution >= 0.6 is 7.06 Å². The summed E-state index contributed by atoms with van der Waals surface area (Å²) < 4.78 is 7.77. The van der Waals surface area contributed by atoms with Gasteiger partial charge in [0.2, 0.25) is 0 Å². The molecule has 1 saturated heterocycles. The Hall–Kier alpha value is 0.487. The fourth-order valence-corrected chi connectivity index (χ4v) is 1.17. The molecular formula is H5O4PSi. The average molecular weight is 128 g/mol. The van der Waals surface area contributed by atoms with Crippen molar-refractivity contribution in [1.29, 1.82) is 0 Å². The Kier molecular flexibility index (Phi) is 0.548. The topological polar surface area (TPSA) is 65.5 Å². The minimum absolute atomic E-state index is 0.175. The first-order valence-electron chi connectivity index (χ1n) is 1.38. The third kappa shape index (κ3) is 0.973. The van der Waals surface area contributed by atoms with Crippen molar-refractivity contribution in [2.45, 2.75) is 0 Å². The van der Waals surface area contributed by atoms with Crippen LogP contribution in [0.1, 0.15) is 0 Å². The van der Waals surface area contributed by atoms with Crippen LogP contribution in [0.2, 0.25) is 0 Å². The van der Waals surface area contributed by atoms with Crippen LogP contribution in [0.4, 0.5) is 0 Å². The molecule has 0 bridgehead atoms. The predicted octanol–water partition coefficient (Wildman–Crippen LogP) is -1.57. The Bertz CT molecular complexity index is 71.3. The zero-order chi connectivity index (χ0) is 4.86. The molecule has 1 aliphatic heterocycles. The molecule has 1 aliphatic rings. The fraction of sp³-hybridized carbons (Fsp3) is 0. The third-order valence-corrected chi connectivity index (χ3v) is 1.97. The van der Waals surface area contributed by atoms with Crippen LogP contribution in [-0.2, 0) is 9.35 Å². The molecule has 0 aromatic rings. The second kappa shape index (κ2) is 0.708. The van der Waals surface area contributed by atoms with Gasteiger partial charge in [-0.3, -0.25) is 0 Å². The van der Waals surface area contributed by atoms with Crippen LogP contribution in [0.3, 0.4) is 0 Å². The molecule has 0 aromatic heterocycles.